The summed E-state index contributed by atoms with van der Waals surface area (Å²) in [6, 6.07) is 4.82. The number of rotatable bonds is 5. The molecule has 1 heterocycles. The minimum absolute atomic E-state index is 0.553. The summed E-state index contributed by atoms with van der Waals surface area (Å²) in [6.45, 7) is 4.30. The molecule has 1 aromatic heterocycles. The van der Waals surface area contributed by atoms with Gasteiger partial charge in [0.05, 0.1) is 0 Å². The molecule has 1 N–H and O–H groups in total. The van der Waals surface area contributed by atoms with Crippen LogP contribution in [-0.4, -0.2) is 31.6 Å². The zero-order chi connectivity index (χ0) is 9.68. The van der Waals surface area contributed by atoms with E-state index in [1.54, 1.807) is 0 Å². The van der Waals surface area contributed by atoms with Crippen molar-refractivity contribution in [1.29, 1.82) is 0 Å². The Kier molecular flexibility index (Phi) is 4.42. The highest BCUT2D eigenvalue weighted by atomic mass is 32.1. The summed E-state index contributed by atoms with van der Waals surface area (Å²) in [5.41, 5.74) is 0. The monoisotopic (exact) mass is 198 g/mol. The van der Waals surface area contributed by atoms with E-state index in [0.717, 1.165) is 13.1 Å². The van der Waals surface area contributed by atoms with Crippen LogP contribution in [-0.2, 0) is 6.54 Å². The van der Waals surface area contributed by atoms with Crippen LogP contribution in [0.15, 0.2) is 17.5 Å². The first-order chi connectivity index (χ1) is 6.18. The van der Waals surface area contributed by atoms with Crippen LogP contribution in [0.2, 0.25) is 0 Å². The van der Waals surface area contributed by atoms with E-state index >= 15 is 0 Å². The molecule has 0 aliphatic carbocycles. The number of hydrogen-bond donors (Lipinski definition) is 1. The molecular weight excluding hydrogens is 180 g/mol. The molecule has 0 amide bonds. The summed E-state index contributed by atoms with van der Waals surface area (Å²) < 4.78 is 0. The van der Waals surface area contributed by atoms with Crippen molar-refractivity contribution >= 4 is 11.3 Å². The van der Waals surface area contributed by atoms with E-state index < -0.39 is 0 Å². The summed E-state index contributed by atoms with van der Waals surface area (Å²) in [6.07, 6.45) is 0. The van der Waals surface area contributed by atoms with Crippen LogP contribution in [0, 0.1) is 0 Å². The van der Waals surface area contributed by atoms with Crippen LogP contribution in [0.4, 0.5) is 0 Å². The lowest BCUT2D eigenvalue weighted by atomic mass is 10.3. The lowest BCUT2D eigenvalue weighted by molar-refractivity contribution is 0.349. The first-order valence-corrected chi connectivity index (χ1v) is 5.47. The minimum Gasteiger partial charge on any atom is -0.308 e. The van der Waals surface area contributed by atoms with Crippen molar-refractivity contribution in [2.75, 3.05) is 20.6 Å². The molecule has 0 radical (unpaired) electrons. The molecule has 0 aliphatic heterocycles. The quantitative estimate of drug-likeness (QED) is 0.776. The fourth-order valence-corrected chi connectivity index (χ4v) is 1.96. The highest BCUT2D eigenvalue weighted by Crippen LogP contribution is 2.07. The zero-order valence-corrected chi connectivity index (χ0v) is 9.40. The Morgan fingerprint density at radius 2 is 2.31 bits per heavy atom. The number of nitrogens with zero attached hydrogens (tertiary/aromatic N) is 1. The van der Waals surface area contributed by atoms with Gasteiger partial charge in [0.2, 0.25) is 0 Å². The molecular formula is C10H18N2S. The van der Waals surface area contributed by atoms with E-state index in [1.807, 2.05) is 11.3 Å². The Balaban J connectivity index is 2.19. The number of likely N-dealkylation sites (N-methyl/N-ethyl adjacent to an activating group) is 1. The topological polar surface area (TPSA) is 15.3 Å². The van der Waals surface area contributed by atoms with Crippen LogP contribution >= 0.6 is 11.3 Å². The highest BCUT2D eigenvalue weighted by Gasteiger charge is 2.02. The van der Waals surface area contributed by atoms with Crippen molar-refractivity contribution in [3.63, 3.8) is 0 Å². The fraction of sp³-hybridized carbons (Fsp3) is 0.600. The zero-order valence-electron chi connectivity index (χ0n) is 8.58. The predicted octanol–water partition coefficient (Wildman–Crippen LogP) is 1.79. The van der Waals surface area contributed by atoms with E-state index in [0.29, 0.717) is 6.04 Å². The van der Waals surface area contributed by atoms with E-state index in [4.69, 9.17) is 0 Å². The Morgan fingerprint density at radius 3 is 2.85 bits per heavy atom. The van der Waals surface area contributed by atoms with Gasteiger partial charge in [-0.05, 0) is 32.5 Å². The summed E-state index contributed by atoms with van der Waals surface area (Å²) in [5.74, 6) is 0. The second-order valence-corrected chi connectivity index (χ2v) is 4.66. The van der Waals surface area contributed by atoms with Gasteiger partial charge in [-0.25, -0.2) is 0 Å². The van der Waals surface area contributed by atoms with Gasteiger partial charge in [-0.3, -0.25) is 0 Å². The number of nitrogens with one attached hydrogen (secondary N) is 1. The van der Waals surface area contributed by atoms with E-state index in [9.17, 15) is 0 Å². The standard InChI is InChI=1S/C10H18N2S/c1-9(8-12(2)3)11-7-10-5-4-6-13-10/h4-6,9,11H,7-8H2,1-3H3. The first-order valence-electron chi connectivity index (χ1n) is 4.59. The molecule has 0 fully saturated rings. The molecule has 0 bridgehead atoms. The smallest absolute Gasteiger partial charge is 0.0302 e. The van der Waals surface area contributed by atoms with Gasteiger partial charge in [0.25, 0.3) is 0 Å². The highest BCUT2D eigenvalue weighted by molar-refractivity contribution is 7.09. The summed E-state index contributed by atoms with van der Waals surface area (Å²) in [7, 11) is 4.20. The van der Waals surface area contributed by atoms with E-state index in [2.05, 4.69) is 48.7 Å². The van der Waals surface area contributed by atoms with Gasteiger partial charge in [0.1, 0.15) is 0 Å². The second kappa shape index (κ2) is 5.37. The van der Waals surface area contributed by atoms with Crippen LogP contribution in [0.3, 0.4) is 0 Å². The van der Waals surface area contributed by atoms with Crippen LogP contribution in [0.1, 0.15) is 11.8 Å². The molecule has 0 saturated carbocycles. The van der Waals surface area contributed by atoms with Gasteiger partial charge in [0.15, 0.2) is 0 Å². The summed E-state index contributed by atoms with van der Waals surface area (Å²) in [4.78, 5) is 3.61. The Morgan fingerprint density at radius 1 is 1.54 bits per heavy atom. The van der Waals surface area contributed by atoms with Crippen molar-refractivity contribution in [3.05, 3.63) is 22.4 Å². The van der Waals surface area contributed by atoms with Gasteiger partial charge in [0, 0.05) is 24.0 Å². The maximum Gasteiger partial charge on any atom is 0.0302 e. The van der Waals surface area contributed by atoms with Crippen molar-refractivity contribution in [2.24, 2.45) is 0 Å². The average molecular weight is 198 g/mol. The van der Waals surface area contributed by atoms with Crippen LogP contribution < -0.4 is 5.32 Å². The lowest BCUT2D eigenvalue weighted by Gasteiger charge is -2.17. The molecule has 74 valence electrons. The molecule has 0 aromatic carbocycles. The molecule has 1 unspecified atom stereocenters. The van der Waals surface area contributed by atoms with Gasteiger partial charge < -0.3 is 10.2 Å². The third kappa shape index (κ3) is 4.41. The molecule has 2 nitrogen and oxygen atoms in total. The molecule has 1 atom stereocenters. The number of hydrogen-bond acceptors (Lipinski definition) is 3. The van der Waals surface area contributed by atoms with E-state index in [-0.39, 0.29) is 0 Å². The first kappa shape index (κ1) is 10.7. The number of thiophene rings is 1. The maximum absolute atomic E-state index is 3.49. The molecule has 0 spiro atoms. The van der Waals surface area contributed by atoms with Gasteiger partial charge in [-0.15, -0.1) is 11.3 Å². The molecule has 3 heteroatoms. The SMILES string of the molecule is CC(CN(C)C)NCc1cccs1. The van der Waals surface area contributed by atoms with Crippen molar-refractivity contribution < 1.29 is 0 Å². The second-order valence-electron chi connectivity index (χ2n) is 3.62. The third-order valence-electron chi connectivity index (χ3n) is 1.84. The lowest BCUT2D eigenvalue weighted by Crippen LogP contribution is -2.35. The minimum atomic E-state index is 0.553. The van der Waals surface area contributed by atoms with Crippen molar-refractivity contribution in [1.82, 2.24) is 10.2 Å². The largest absolute Gasteiger partial charge is 0.308 e. The van der Waals surface area contributed by atoms with Gasteiger partial charge >= 0.3 is 0 Å². The predicted molar refractivity (Wildman–Crippen MR) is 59.2 cm³/mol. The fourth-order valence-electron chi connectivity index (χ4n) is 1.30. The molecule has 1 aromatic rings. The maximum atomic E-state index is 3.49. The van der Waals surface area contributed by atoms with Gasteiger partial charge in [-0.2, -0.15) is 0 Å². The van der Waals surface area contributed by atoms with Gasteiger partial charge in [-0.1, -0.05) is 6.07 Å². The van der Waals surface area contributed by atoms with Crippen LogP contribution in [0.5, 0.6) is 0 Å². The van der Waals surface area contributed by atoms with Crippen molar-refractivity contribution in [2.45, 2.75) is 19.5 Å². The van der Waals surface area contributed by atoms with Crippen LogP contribution in [0.25, 0.3) is 0 Å². The molecule has 0 aliphatic rings. The molecule has 1 rings (SSSR count). The molecule has 13 heavy (non-hydrogen) atoms. The molecule has 0 saturated heterocycles. The normalized spacial score (nSPS) is 13.5. The Bertz CT molecular complexity index is 219. The third-order valence-corrected chi connectivity index (χ3v) is 2.72. The van der Waals surface area contributed by atoms with Crippen molar-refractivity contribution in [3.8, 4) is 0 Å². The summed E-state index contributed by atoms with van der Waals surface area (Å²) in [5, 5.41) is 5.60. The summed E-state index contributed by atoms with van der Waals surface area (Å²) >= 11 is 1.81. The Hall–Kier alpha value is -0.380. The van der Waals surface area contributed by atoms with E-state index in [1.165, 1.54) is 4.88 Å². The Labute approximate surface area is 84.6 Å². The average Bonchev–Trinajstić information content (AvgIpc) is 2.51.